The zero-order valence-corrected chi connectivity index (χ0v) is 28.4. The molecule has 1 aliphatic carbocycles. The number of allylic oxidation sites excluding steroid dienone is 5. The number of carbonyl (C=O) groups is 1. The summed E-state index contributed by atoms with van der Waals surface area (Å²) >= 11 is 7.44. The van der Waals surface area contributed by atoms with E-state index in [2.05, 4.69) is 59.5 Å². The van der Waals surface area contributed by atoms with Crippen molar-refractivity contribution in [1.29, 1.82) is 4.78 Å². The Hall–Kier alpha value is -3.14. The first-order valence-corrected chi connectivity index (χ1v) is 16.8. The van der Waals surface area contributed by atoms with Crippen molar-refractivity contribution in [1.82, 2.24) is 15.2 Å². The van der Waals surface area contributed by atoms with Gasteiger partial charge in [0, 0.05) is 32.9 Å². The van der Waals surface area contributed by atoms with E-state index in [4.69, 9.17) is 21.1 Å². The standard InChI is InChI=1S/C17H15ClN4O2S.C13H21NS.C2H6/c1-9-6-12(13-7-11(18)4-5-15(13)24-3)14(8-19-9)16(23)20-17-22-21-10(2)25-17;1-5-6-12-7-8-13(15(4)14)9-10(2)11(12)3;1-2/h4-8H,1-3H3,(H,20,22,23);7-10,14H,5-6H2,1-4H3;1-2H3/t;10?,15-;/m.0./s1. The number of nitrogens with one attached hydrogen (secondary N) is 2. The summed E-state index contributed by atoms with van der Waals surface area (Å²) in [5.74, 6) is 0.785. The van der Waals surface area contributed by atoms with Gasteiger partial charge in [-0.05, 0) is 75.3 Å². The molecule has 0 saturated carbocycles. The summed E-state index contributed by atoms with van der Waals surface area (Å²) in [6.07, 6.45) is 12.4. The number of aryl methyl sites for hydroxylation is 2. The van der Waals surface area contributed by atoms with Crippen LogP contribution in [0.15, 0.2) is 64.7 Å². The molecule has 4 rings (SSSR count). The lowest BCUT2D eigenvalue weighted by atomic mass is 9.96. The Labute approximate surface area is 262 Å². The van der Waals surface area contributed by atoms with E-state index >= 15 is 0 Å². The zero-order valence-electron chi connectivity index (χ0n) is 26.0. The predicted molar refractivity (Wildman–Crippen MR) is 180 cm³/mol. The van der Waals surface area contributed by atoms with Crippen molar-refractivity contribution in [3.63, 3.8) is 0 Å². The maximum atomic E-state index is 12.7. The molecule has 10 heteroatoms. The molecule has 2 heterocycles. The number of hydrogen-bond donors (Lipinski definition) is 2. The van der Waals surface area contributed by atoms with Crippen LogP contribution >= 0.6 is 22.9 Å². The van der Waals surface area contributed by atoms with Gasteiger partial charge in [0.1, 0.15) is 10.8 Å². The Morgan fingerprint density at radius 2 is 1.86 bits per heavy atom. The van der Waals surface area contributed by atoms with Gasteiger partial charge in [0.2, 0.25) is 5.13 Å². The molecule has 3 aromatic rings. The first kappa shape index (κ1) is 35.1. The number of pyridine rings is 1. The van der Waals surface area contributed by atoms with Gasteiger partial charge in [-0.25, -0.2) is 0 Å². The van der Waals surface area contributed by atoms with Crippen LogP contribution in [0.4, 0.5) is 5.13 Å². The number of anilines is 1. The van der Waals surface area contributed by atoms with E-state index < -0.39 is 0 Å². The molecule has 1 amide bonds. The van der Waals surface area contributed by atoms with E-state index in [0.717, 1.165) is 22.7 Å². The lowest BCUT2D eigenvalue weighted by Crippen LogP contribution is -2.14. The monoisotopic (exact) mass is 627 g/mol. The van der Waals surface area contributed by atoms with Crippen LogP contribution in [-0.4, -0.2) is 34.5 Å². The van der Waals surface area contributed by atoms with E-state index in [0.29, 0.717) is 32.9 Å². The molecular weight excluding hydrogens is 586 g/mol. The molecule has 1 unspecified atom stereocenters. The van der Waals surface area contributed by atoms with Crippen LogP contribution < -0.4 is 10.1 Å². The van der Waals surface area contributed by atoms with Gasteiger partial charge in [-0.3, -0.25) is 19.9 Å². The fourth-order valence-corrected chi connectivity index (χ4v) is 5.59. The van der Waals surface area contributed by atoms with Gasteiger partial charge in [0.05, 0.1) is 12.7 Å². The number of rotatable bonds is 7. The number of nitrogens with zero attached hydrogens (tertiary/aromatic N) is 3. The molecule has 1 aromatic carbocycles. The largest absolute Gasteiger partial charge is 0.496 e. The van der Waals surface area contributed by atoms with Gasteiger partial charge in [0.25, 0.3) is 5.91 Å². The van der Waals surface area contributed by atoms with Crippen LogP contribution in [-0.2, 0) is 10.7 Å². The topological polar surface area (TPSA) is 101 Å². The number of carbonyl (C=O) groups excluding carboxylic acids is 1. The number of aromatic nitrogens is 3. The Morgan fingerprint density at radius 3 is 2.45 bits per heavy atom. The summed E-state index contributed by atoms with van der Waals surface area (Å²) in [5.41, 5.74) is 5.51. The van der Waals surface area contributed by atoms with E-state index in [1.54, 1.807) is 25.3 Å². The van der Waals surface area contributed by atoms with E-state index in [-0.39, 0.29) is 16.6 Å². The van der Waals surface area contributed by atoms with Crippen molar-refractivity contribution in [2.24, 2.45) is 5.92 Å². The van der Waals surface area contributed by atoms with Crippen LogP contribution in [0, 0.1) is 24.5 Å². The van der Waals surface area contributed by atoms with Crippen molar-refractivity contribution in [2.75, 3.05) is 18.7 Å². The van der Waals surface area contributed by atoms with Gasteiger partial charge < -0.3 is 4.74 Å². The average molecular weight is 628 g/mol. The van der Waals surface area contributed by atoms with Crippen LogP contribution in [0.1, 0.15) is 68.5 Å². The molecular formula is C32H42ClN5O2S2. The maximum Gasteiger partial charge on any atom is 0.259 e. The molecule has 2 atom stereocenters. The Kier molecular flexibility index (Phi) is 14.3. The molecule has 1 aliphatic rings. The second-order valence-electron chi connectivity index (χ2n) is 9.46. The van der Waals surface area contributed by atoms with Crippen molar-refractivity contribution in [2.45, 2.75) is 61.3 Å². The summed E-state index contributed by atoms with van der Waals surface area (Å²) < 4.78 is 13.2. The third kappa shape index (κ3) is 9.71. The van der Waals surface area contributed by atoms with E-state index in [1.165, 1.54) is 40.0 Å². The van der Waals surface area contributed by atoms with Gasteiger partial charge in [0.15, 0.2) is 0 Å². The third-order valence-corrected chi connectivity index (χ3v) is 8.38. The first-order chi connectivity index (χ1) is 20.0. The normalized spacial score (nSPS) is 14.9. The minimum atomic E-state index is -0.370. The van der Waals surface area contributed by atoms with Crippen molar-refractivity contribution < 1.29 is 9.53 Å². The van der Waals surface area contributed by atoms with E-state index in [1.807, 2.05) is 40.0 Å². The number of methoxy groups -OCH3 is 1. The van der Waals surface area contributed by atoms with Gasteiger partial charge >= 0.3 is 0 Å². The second kappa shape index (κ2) is 17.1. The highest BCUT2D eigenvalue weighted by Gasteiger charge is 2.19. The highest BCUT2D eigenvalue weighted by atomic mass is 35.5. The van der Waals surface area contributed by atoms with Crippen LogP contribution in [0.5, 0.6) is 5.75 Å². The molecule has 0 spiro atoms. The minimum absolute atomic E-state index is 0.319. The molecule has 0 aliphatic heterocycles. The maximum absolute atomic E-state index is 12.7. The number of hydrogen-bond acceptors (Lipinski definition) is 7. The third-order valence-electron chi connectivity index (χ3n) is 6.41. The van der Waals surface area contributed by atoms with Crippen molar-refractivity contribution in [3.05, 3.63) is 86.0 Å². The summed E-state index contributed by atoms with van der Waals surface area (Å²) in [7, 11) is 1.20. The van der Waals surface area contributed by atoms with Crippen LogP contribution in [0.3, 0.4) is 0 Å². The number of benzene rings is 1. The molecule has 226 valence electrons. The Bertz CT molecular complexity index is 1490. The number of ether oxygens (including phenoxy) is 1. The molecule has 0 saturated heterocycles. The zero-order chi connectivity index (χ0) is 31.4. The molecule has 42 heavy (non-hydrogen) atoms. The van der Waals surface area contributed by atoms with Gasteiger partial charge in [-0.2, -0.15) is 0 Å². The summed E-state index contributed by atoms with van der Waals surface area (Å²) in [4.78, 5) is 18.1. The summed E-state index contributed by atoms with van der Waals surface area (Å²) in [6.45, 7) is 14.3. The lowest BCUT2D eigenvalue weighted by Gasteiger charge is -2.13. The lowest BCUT2D eigenvalue weighted by molar-refractivity contribution is 0.102. The fraction of sp³-hybridized carbons (Fsp3) is 0.375. The molecule has 0 bridgehead atoms. The molecule has 0 fully saturated rings. The predicted octanol–water partition coefficient (Wildman–Crippen LogP) is 9.36. The quantitative estimate of drug-likeness (QED) is 0.272. The molecule has 0 radical (unpaired) electrons. The molecule has 7 nitrogen and oxygen atoms in total. The second-order valence-corrected chi connectivity index (χ2v) is 12.6. The number of halogens is 1. The molecule has 2 aromatic heterocycles. The summed E-state index contributed by atoms with van der Waals surface area (Å²) in [5, 5.41) is 12.3. The highest BCUT2D eigenvalue weighted by Crippen LogP contribution is 2.35. The van der Waals surface area contributed by atoms with E-state index in [9.17, 15) is 4.79 Å². The Balaban J connectivity index is 0.000000311. The average Bonchev–Trinajstić information content (AvgIpc) is 3.32. The van der Waals surface area contributed by atoms with Gasteiger partial charge in [-0.15, -0.1) is 10.2 Å². The summed E-state index contributed by atoms with van der Waals surface area (Å²) in [6, 6.07) is 7.10. The van der Waals surface area contributed by atoms with Crippen LogP contribution in [0.2, 0.25) is 5.02 Å². The number of amides is 1. The first-order valence-electron chi connectivity index (χ1n) is 13.9. The van der Waals surface area contributed by atoms with Crippen molar-refractivity contribution >= 4 is 44.7 Å². The smallest absolute Gasteiger partial charge is 0.259 e. The van der Waals surface area contributed by atoms with Crippen LogP contribution in [0.25, 0.3) is 11.1 Å². The highest BCUT2D eigenvalue weighted by molar-refractivity contribution is 7.89. The van der Waals surface area contributed by atoms with Crippen molar-refractivity contribution in [3.8, 4) is 16.9 Å². The Morgan fingerprint density at radius 1 is 1.14 bits per heavy atom. The fourth-order valence-electron chi connectivity index (χ4n) is 4.15. The SMILES string of the molecule is CC.CCCC1=C(C)C(C)C=C([S@](C)=N)C=C1.COc1ccc(Cl)cc1-c1cc(C)ncc1C(=O)Nc1nnc(C)s1. The minimum Gasteiger partial charge on any atom is -0.496 e. The van der Waals surface area contributed by atoms with Gasteiger partial charge in [-0.1, -0.05) is 85.5 Å². The molecule has 2 N–H and O–H groups in total.